The van der Waals surface area contributed by atoms with Gasteiger partial charge in [-0.05, 0) is 0 Å². The van der Waals surface area contributed by atoms with Gasteiger partial charge in [0.2, 0.25) is 0 Å². The highest BCUT2D eigenvalue weighted by molar-refractivity contribution is 5.88. The third-order valence-corrected chi connectivity index (χ3v) is 2.24. The van der Waals surface area contributed by atoms with Gasteiger partial charge in [-0.1, -0.05) is 0 Å². The number of aliphatic hydroxyl groups is 1. The Morgan fingerprint density at radius 2 is 0.920 bits per heavy atom. The van der Waals surface area contributed by atoms with Crippen molar-refractivity contribution in [1.82, 2.24) is 10.6 Å². The molecule has 0 unspecified atom stereocenters. The monoisotopic (exact) mass is 386 g/mol. The number of piperazine rings is 1. The molecule has 0 aliphatic carbocycles. The number of hydrogen-bond acceptors (Lipinski definition) is 6. The van der Waals surface area contributed by atoms with Gasteiger partial charge in [0, 0.05) is 26.2 Å². The minimum atomic E-state index is -2.74. The van der Waals surface area contributed by atoms with Crippen molar-refractivity contribution in [1.29, 1.82) is 0 Å². The molecule has 0 aromatic carbocycles. The first-order chi connectivity index (χ1) is 8.78. The van der Waals surface area contributed by atoms with Gasteiger partial charge in [0.25, 0.3) is 0 Å². The summed E-state index contributed by atoms with van der Waals surface area (Å²) in [5.41, 5.74) is -2.74. The zero-order valence-electron chi connectivity index (χ0n) is 13.3. The predicted octanol–water partition coefficient (Wildman–Crippen LogP) is -7.02. The van der Waals surface area contributed by atoms with Gasteiger partial charge in [0.1, 0.15) is 0 Å². The largest absolute Gasteiger partial charge is 0.481 e. The molecule has 0 radical (unpaired) electrons. The molecule has 1 aliphatic heterocycles. The van der Waals surface area contributed by atoms with E-state index in [-0.39, 0.29) is 32.9 Å². The van der Waals surface area contributed by atoms with Gasteiger partial charge < -0.3 is 63.9 Å². The third-order valence-electron chi connectivity index (χ3n) is 2.24. The Balaban J connectivity index is -0.0000000474. The van der Waals surface area contributed by atoms with E-state index in [0.717, 1.165) is 26.2 Å². The van der Waals surface area contributed by atoms with Crippen LogP contribution in [0.25, 0.3) is 0 Å². The lowest BCUT2D eigenvalue weighted by Gasteiger charge is -2.18. The van der Waals surface area contributed by atoms with Gasteiger partial charge in [-0.15, -0.1) is 0 Å². The Labute approximate surface area is 142 Å². The average Bonchev–Trinajstić information content (AvgIpc) is 2.29. The minimum Gasteiger partial charge on any atom is -0.481 e. The molecule has 15 heteroatoms. The van der Waals surface area contributed by atoms with Crippen molar-refractivity contribution >= 4 is 17.9 Å². The average molecular weight is 386 g/mol. The lowest BCUT2D eigenvalue weighted by molar-refractivity contribution is -0.170. The Morgan fingerprint density at radius 3 is 1.04 bits per heavy atom. The molecule has 0 aromatic rings. The van der Waals surface area contributed by atoms with Crippen LogP contribution in [0.15, 0.2) is 0 Å². The van der Waals surface area contributed by atoms with Crippen LogP contribution in [0.2, 0.25) is 0 Å². The molecule has 18 N–H and O–H groups in total. The quantitative estimate of drug-likeness (QED) is 0.261. The molecule has 158 valence electrons. The van der Waals surface area contributed by atoms with Crippen LogP contribution in [0.3, 0.4) is 0 Å². The summed E-state index contributed by atoms with van der Waals surface area (Å²) in [5, 5.41) is 40.3. The second-order valence-electron chi connectivity index (χ2n) is 3.98. The first-order valence-electron chi connectivity index (χ1n) is 5.59. The number of nitrogens with one attached hydrogen (secondary N) is 2. The van der Waals surface area contributed by atoms with Gasteiger partial charge >= 0.3 is 17.9 Å². The molecule has 15 nitrogen and oxygen atoms in total. The van der Waals surface area contributed by atoms with Crippen LogP contribution in [0.5, 0.6) is 0 Å². The molecule has 0 amide bonds. The molecule has 1 rings (SSSR count). The van der Waals surface area contributed by atoms with Crippen LogP contribution < -0.4 is 10.6 Å². The molecule has 1 heterocycles. The molecule has 0 aromatic heterocycles. The van der Waals surface area contributed by atoms with E-state index in [2.05, 4.69) is 10.6 Å². The zero-order valence-corrected chi connectivity index (χ0v) is 13.3. The molecule has 0 atom stereocenters. The predicted molar refractivity (Wildman–Crippen MR) is 84.5 cm³/mol. The SMILES string of the molecule is C1CNCCN1.O.O.O.O.O.O.O=C(O)CC(O)(CC(=O)O)C(=O)O. The summed E-state index contributed by atoms with van der Waals surface area (Å²) >= 11 is 0. The molecule has 1 fully saturated rings. The molecule has 0 bridgehead atoms. The Hall–Kier alpha value is -1.95. The van der Waals surface area contributed by atoms with Crippen molar-refractivity contribution in [3.05, 3.63) is 0 Å². The number of hydrogen-bond donors (Lipinski definition) is 6. The number of rotatable bonds is 5. The van der Waals surface area contributed by atoms with Gasteiger partial charge in [-0.2, -0.15) is 0 Å². The lowest BCUT2D eigenvalue weighted by Crippen LogP contribution is -2.42. The van der Waals surface area contributed by atoms with Crippen molar-refractivity contribution in [2.45, 2.75) is 18.4 Å². The number of carboxylic acid groups (broad SMARTS) is 3. The first-order valence-corrected chi connectivity index (χ1v) is 5.59. The van der Waals surface area contributed by atoms with Crippen molar-refractivity contribution < 1.29 is 67.7 Å². The third kappa shape index (κ3) is 22.1. The summed E-state index contributed by atoms with van der Waals surface area (Å²) in [5.74, 6) is -5.02. The van der Waals surface area contributed by atoms with Crippen LogP contribution in [-0.2, 0) is 14.4 Å². The summed E-state index contributed by atoms with van der Waals surface area (Å²) in [7, 11) is 0. The van der Waals surface area contributed by atoms with E-state index >= 15 is 0 Å². The summed E-state index contributed by atoms with van der Waals surface area (Å²) in [6, 6.07) is 0. The summed E-state index contributed by atoms with van der Waals surface area (Å²) in [4.78, 5) is 30.5. The number of carbonyl (C=O) groups is 3. The van der Waals surface area contributed by atoms with Gasteiger partial charge in [-0.3, -0.25) is 9.59 Å². The summed E-state index contributed by atoms with van der Waals surface area (Å²) in [6.45, 7) is 4.56. The van der Waals surface area contributed by atoms with Crippen LogP contribution in [0, 0.1) is 0 Å². The Morgan fingerprint density at radius 1 is 0.680 bits per heavy atom. The van der Waals surface area contributed by atoms with Crippen molar-refractivity contribution in [2.75, 3.05) is 26.2 Å². The summed E-state index contributed by atoms with van der Waals surface area (Å²) < 4.78 is 0. The smallest absolute Gasteiger partial charge is 0.336 e. The number of aliphatic carboxylic acids is 3. The highest BCUT2D eigenvalue weighted by Crippen LogP contribution is 2.15. The number of carboxylic acids is 3. The van der Waals surface area contributed by atoms with E-state index in [1.807, 2.05) is 0 Å². The fraction of sp³-hybridized carbons (Fsp3) is 0.700. The molecule has 25 heavy (non-hydrogen) atoms. The van der Waals surface area contributed by atoms with E-state index in [1.165, 1.54) is 0 Å². The maximum absolute atomic E-state index is 10.3. The molecule has 1 aliphatic rings. The minimum absolute atomic E-state index is 0. The van der Waals surface area contributed by atoms with E-state index in [4.69, 9.17) is 20.4 Å². The Kier molecular flexibility index (Phi) is 38.4. The van der Waals surface area contributed by atoms with Crippen molar-refractivity contribution in [2.24, 2.45) is 0 Å². The van der Waals surface area contributed by atoms with E-state index in [1.54, 1.807) is 0 Å². The van der Waals surface area contributed by atoms with Crippen LogP contribution >= 0.6 is 0 Å². The van der Waals surface area contributed by atoms with Crippen LogP contribution in [0.1, 0.15) is 12.8 Å². The van der Waals surface area contributed by atoms with Gasteiger partial charge in [0.15, 0.2) is 5.60 Å². The van der Waals surface area contributed by atoms with E-state index in [9.17, 15) is 14.4 Å². The molecular formula is C10H30N2O13. The van der Waals surface area contributed by atoms with Crippen molar-refractivity contribution in [3.8, 4) is 0 Å². The summed E-state index contributed by atoms with van der Waals surface area (Å²) in [6.07, 6.45) is -2.29. The normalized spacial score (nSPS) is 11.4. The van der Waals surface area contributed by atoms with Crippen LogP contribution in [0.4, 0.5) is 0 Å². The highest BCUT2D eigenvalue weighted by Gasteiger charge is 2.40. The fourth-order valence-corrected chi connectivity index (χ4v) is 1.32. The lowest BCUT2D eigenvalue weighted by atomic mass is 9.96. The Bertz CT molecular complexity index is 307. The maximum Gasteiger partial charge on any atom is 0.336 e. The molecule has 1 saturated heterocycles. The molecule has 0 spiro atoms. The maximum atomic E-state index is 10.3. The fourth-order valence-electron chi connectivity index (χ4n) is 1.32. The standard InChI is InChI=1S/C6H8O7.C4H10N2.6H2O/c7-3(8)1-6(13,5(11)12)2-4(9)10;1-2-6-4-3-5-1;;;;;;/h13H,1-2H2,(H,7,8)(H,9,10)(H,11,12);5-6H,1-4H2;6*1H2. The second kappa shape index (κ2) is 22.1. The van der Waals surface area contributed by atoms with E-state index in [0.29, 0.717) is 0 Å². The highest BCUT2D eigenvalue weighted by atomic mass is 16.4. The topological polar surface area (TPSA) is 345 Å². The van der Waals surface area contributed by atoms with Crippen LogP contribution in [-0.4, -0.2) is 103 Å². The molecular weight excluding hydrogens is 356 g/mol. The first kappa shape index (κ1) is 43.5. The van der Waals surface area contributed by atoms with E-state index < -0.39 is 36.4 Å². The second-order valence-corrected chi connectivity index (χ2v) is 3.98. The van der Waals surface area contributed by atoms with Gasteiger partial charge in [0.05, 0.1) is 12.8 Å². The van der Waals surface area contributed by atoms with Gasteiger partial charge in [-0.25, -0.2) is 4.79 Å². The van der Waals surface area contributed by atoms with Crippen molar-refractivity contribution in [3.63, 3.8) is 0 Å². The zero-order chi connectivity index (χ0) is 14.9. The molecule has 0 saturated carbocycles.